The third-order valence-corrected chi connectivity index (χ3v) is 4.43. The molecular weight excluding hydrogens is 222 g/mol. The molecule has 3 rings (SSSR count). The van der Waals surface area contributed by atoms with E-state index < -0.39 is 0 Å². The van der Waals surface area contributed by atoms with Crippen LogP contribution in [0.2, 0.25) is 0 Å². The Bertz CT molecular complexity index is 425. The van der Waals surface area contributed by atoms with Gasteiger partial charge in [0, 0.05) is 18.7 Å². The maximum atomic E-state index is 9.19. The van der Waals surface area contributed by atoms with Gasteiger partial charge in [0.05, 0.1) is 0 Å². The summed E-state index contributed by atoms with van der Waals surface area (Å²) in [7, 11) is 0. The van der Waals surface area contributed by atoms with E-state index in [0.29, 0.717) is 18.7 Å². The van der Waals surface area contributed by atoms with Gasteiger partial charge >= 0.3 is 0 Å². The van der Waals surface area contributed by atoms with Gasteiger partial charge < -0.3 is 10.4 Å². The lowest BCUT2D eigenvalue weighted by Gasteiger charge is -2.23. The van der Waals surface area contributed by atoms with E-state index in [9.17, 15) is 5.11 Å². The van der Waals surface area contributed by atoms with Crippen molar-refractivity contribution in [3.05, 3.63) is 34.9 Å². The van der Waals surface area contributed by atoms with Crippen LogP contribution in [0.1, 0.15) is 48.4 Å². The van der Waals surface area contributed by atoms with Crippen molar-refractivity contribution in [2.75, 3.05) is 6.61 Å². The lowest BCUT2D eigenvalue weighted by Crippen LogP contribution is -2.34. The lowest BCUT2D eigenvalue weighted by atomic mass is 10.0. The molecule has 2 N–H and O–H groups in total. The van der Waals surface area contributed by atoms with E-state index in [-0.39, 0.29) is 0 Å². The number of rotatable bonds is 5. The van der Waals surface area contributed by atoms with E-state index in [1.807, 2.05) is 0 Å². The van der Waals surface area contributed by atoms with Crippen molar-refractivity contribution in [3.63, 3.8) is 0 Å². The molecule has 0 bridgehead atoms. The first-order chi connectivity index (χ1) is 8.78. The van der Waals surface area contributed by atoms with Gasteiger partial charge in [-0.2, -0.15) is 0 Å². The zero-order chi connectivity index (χ0) is 12.5. The molecule has 1 saturated carbocycles. The van der Waals surface area contributed by atoms with Crippen molar-refractivity contribution in [1.82, 2.24) is 5.32 Å². The van der Waals surface area contributed by atoms with Crippen LogP contribution < -0.4 is 5.32 Å². The summed E-state index contributed by atoms with van der Waals surface area (Å²) in [6.07, 6.45) is 6.00. The molecule has 0 radical (unpaired) electrons. The molecule has 0 aliphatic heterocycles. The van der Waals surface area contributed by atoms with E-state index in [1.165, 1.54) is 42.4 Å². The van der Waals surface area contributed by atoms with Crippen LogP contribution >= 0.6 is 0 Å². The summed E-state index contributed by atoms with van der Waals surface area (Å²) in [6.45, 7) is 2.48. The Morgan fingerprint density at radius 2 is 2.17 bits per heavy atom. The Labute approximate surface area is 109 Å². The van der Waals surface area contributed by atoms with Crippen LogP contribution in [0, 0.1) is 12.8 Å². The quantitative estimate of drug-likeness (QED) is 0.836. The highest BCUT2D eigenvalue weighted by Gasteiger charge is 2.33. The van der Waals surface area contributed by atoms with Crippen molar-refractivity contribution in [2.24, 2.45) is 5.92 Å². The van der Waals surface area contributed by atoms with Gasteiger partial charge in [0.1, 0.15) is 0 Å². The predicted molar refractivity (Wildman–Crippen MR) is 73.6 cm³/mol. The fourth-order valence-corrected chi connectivity index (χ4v) is 3.25. The summed E-state index contributed by atoms with van der Waals surface area (Å²) in [5.41, 5.74) is 4.36. The number of benzene rings is 1. The Kier molecular flexibility index (Phi) is 3.40. The maximum Gasteiger partial charge on any atom is 0.0445 e. The standard InChI is InChI=1S/C16H23NO/c1-11-2-3-12-6-7-16(14(12)10-11)17-15(8-9-18)13-4-5-13/h2-3,10,13,15-18H,4-9H2,1H3. The lowest BCUT2D eigenvalue weighted by molar-refractivity contribution is 0.248. The Balaban J connectivity index is 1.72. The molecule has 2 unspecified atom stereocenters. The summed E-state index contributed by atoms with van der Waals surface area (Å²) < 4.78 is 0. The van der Waals surface area contributed by atoms with Crippen LogP contribution in [-0.4, -0.2) is 17.8 Å². The Morgan fingerprint density at radius 1 is 1.33 bits per heavy atom. The molecule has 2 aliphatic carbocycles. The van der Waals surface area contributed by atoms with Gasteiger partial charge in [-0.1, -0.05) is 23.8 Å². The molecule has 1 aromatic carbocycles. The second-order valence-electron chi connectivity index (χ2n) is 5.92. The summed E-state index contributed by atoms with van der Waals surface area (Å²) in [6, 6.07) is 7.87. The first kappa shape index (κ1) is 12.2. The third kappa shape index (κ3) is 2.45. The van der Waals surface area contributed by atoms with Gasteiger partial charge in [-0.25, -0.2) is 0 Å². The zero-order valence-electron chi connectivity index (χ0n) is 11.2. The van der Waals surface area contributed by atoms with E-state index in [1.54, 1.807) is 0 Å². The van der Waals surface area contributed by atoms with Crippen LogP contribution in [0.4, 0.5) is 0 Å². The van der Waals surface area contributed by atoms with Crippen LogP contribution in [0.25, 0.3) is 0 Å². The number of nitrogens with one attached hydrogen (secondary N) is 1. The van der Waals surface area contributed by atoms with Gasteiger partial charge in [0.15, 0.2) is 0 Å². The smallest absolute Gasteiger partial charge is 0.0445 e. The number of aliphatic hydroxyl groups excluding tert-OH is 1. The molecule has 2 aliphatic rings. The number of aryl methyl sites for hydroxylation is 2. The number of fused-ring (bicyclic) bond motifs is 1. The second kappa shape index (κ2) is 5.02. The highest BCUT2D eigenvalue weighted by atomic mass is 16.3. The van der Waals surface area contributed by atoms with E-state index in [0.717, 1.165) is 12.3 Å². The molecule has 0 amide bonds. The van der Waals surface area contributed by atoms with Crippen LogP contribution in [0.15, 0.2) is 18.2 Å². The number of hydrogen-bond acceptors (Lipinski definition) is 2. The monoisotopic (exact) mass is 245 g/mol. The van der Waals surface area contributed by atoms with Gasteiger partial charge in [-0.05, 0) is 56.1 Å². The van der Waals surface area contributed by atoms with Crippen LogP contribution in [0.5, 0.6) is 0 Å². The summed E-state index contributed by atoms with van der Waals surface area (Å²) in [5.74, 6) is 0.811. The van der Waals surface area contributed by atoms with Crippen molar-refractivity contribution in [2.45, 2.75) is 51.1 Å². The first-order valence-corrected chi connectivity index (χ1v) is 7.24. The average Bonchev–Trinajstić information content (AvgIpc) is 3.13. The van der Waals surface area contributed by atoms with Crippen LogP contribution in [0.3, 0.4) is 0 Å². The van der Waals surface area contributed by atoms with Crippen molar-refractivity contribution >= 4 is 0 Å². The fourth-order valence-electron chi connectivity index (χ4n) is 3.25. The molecule has 0 heterocycles. The largest absolute Gasteiger partial charge is 0.396 e. The van der Waals surface area contributed by atoms with Crippen molar-refractivity contribution in [1.29, 1.82) is 0 Å². The predicted octanol–water partition coefficient (Wildman–Crippen LogP) is 2.73. The second-order valence-corrected chi connectivity index (χ2v) is 5.92. The Hall–Kier alpha value is -0.860. The van der Waals surface area contributed by atoms with Gasteiger partial charge in [-0.15, -0.1) is 0 Å². The van der Waals surface area contributed by atoms with Crippen LogP contribution in [-0.2, 0) is 6.42 Å². The molecule has 0 aromatic heterocycles. The zero-order valence-corrected chi connectivity index (χ0v) is 11.2. The van der Waals surface area contributed by atoms with Crippen molar-refractivity contribution in [3.8, 4) is 0 Å². The minimum atomic E-state index is 0.307. The number of hydrogen-bond donors (Lipinski definition) is 2. The molecule has 2 heteroatoms. The average molecular weight is 245 g/mol. The highest BCUT2D eigenvalue weighted by Crippen LogP contribution is 2.38. The molecule has 2 atom stereocenters. The molecule has 0 spiro atoms. The minimum absolute atomic E-state index is 0.307. The molecular formula is C16H23NO. The van der Waals surface area contributed by atoms with Gasteiger partial charge in [0.25, 0.3) is 0 Å². The molecule has 0 saturated heterocycles. The molecule has 1 aromatic rings. The minimum Gasteiger partial charge on any atom is -0.396 e. The molecule has 18 heavy (non-hydrogen) atoms. The summed E-state index contributed by atoms with van der Waals surface area (Å²) >= 11 is 0. The van der Waals surface area contributed by atoms with E-state index in [2.05, 4.69) is 30.4 Å². The third-order valence-electron chi connectivity index (χ3n) is 4.43. The van der Waals surface area contributed by atoms with Crippen molar-refractivity contribution < 1.29 is 5.11 Å². The molecule has 1 fully saturated rings. The van der Waals surface area contributed by atoms with E-state index >= 15 is 0 Å². The van der Waals surface area contributed by atoms with E-state index in [4.69, 9.17) is 0 Å². The summed E-state index contributed by atoms with van der Waals surface area (Å²) in [4.78, 5) is 0. The SMILES string of the molecule is Cc1ccc2c(c1)C(NC(CCO)C1CC1)CC2. The van der Waals surface area contributed by atoms with Gasteiger partial charge in [0.2, 0.25) is 0 Å². The molecule has 98 valence electrons. The fraction of sp³-hybridized carbons (Fsp3) is 0.625. The topological polar surface area (TPSA) is 32.3 Å². The normalized spacial score (nSPS) is 24.0. The van der Waals surface area contributed by atoms with Gasteiger partial charge in [-0.3, -0.25) is 0 Å². The maximum absolute atomic E-state index is 9.19. The molecule has 2 nitrogen and oxygen atoms in total. The Morgan fingerprint density at radius 3 is 2.89 bits per heavy atom. The first-order valence-electron chi connectivity index (χ1n) is 7.24. The highest BCUT2D eigenvalue weighted by molar-refractivity contribution is 5.37. The summed E-state index contributed by atoms with van der Waals surface area (Å²) in [5, 5.41) is 13.0. The number of aliphatic hydroxyl groups is 1.